The van der Waals surface area contributed by atoms with Crippen molar-refractivity contribution in [2.75, 3.05) is 6.54 Å². The molecule has 2 atom stereocenters. The highest BCUT2D eigenvalue weighted by atomic mass is 32.1. The zero-order valence-electron chi connectivity index (χ0n) is 10.6. The van der Waals surface area contributed by atoms with E-state index in [1.807, 2.05) is 18.3 Å². The van der Waals surface area contributed by atoms with E-state index in [0.29, 0.717) is 6.04 Å². The van der Waals surface area contributed by atoms with Crippen LogP contribution < -0.4 is 5.32 Å². The largest absolute Gasteiger partial charge is 0.393 e. The molecule has 1 saturated carbocycles. The van der Waals surface area contributed by atoms with Crippen molar-refractivity contribution in [3.8, 4) is 0 Å². The molecule has 1 aliphatic carbocycles. The molecule has 2 N–H and O–H groups in total. The second-order valence-electron chi connectivity index (χ2n) is 5.13. The topological polar surface area (TPSA) is 32.3 Å². The zero-order valence-corrected chi connectivity index (χ0v) is 11.4. The van der Waals surface area contributed by atoms with Gasteiger partial charge >= 0.3 is 0 Å². The summed E-state index contributed by atoms with van der Waals surface area (Å²) in [5, 5.41) is 15.1. The average Bonchev–Trinajstić information content (AvgIpc) is 2.97. The van der Waals surface area contributed by atoms with Crippen molar-refractivity contribution in [1.29, 1.82) is 0 Å². The van der Waals surface area contributed by atoms with Gasteiger partial charge in [0.15, 0.2) is 0 Å². The van der Waals surface area contributed by atoms with Crippen LogP contribution in [0, 0.1) is 5.92 Å². The summed E-state index contributed by atoms with van der Waals surface area (Å²) in [4.78, 5) is 1.46. The van der Waals surface area contributed by atoms with Crippen molar-refractivity contribution >= 4 is 11.3 Å². The predicted molar refractivity (Wildman–Crippen MR) is 73.3 cm³/mol. The van der Waals surface area contributed by atoms with Crippen LogP contribution >= 0.6 is 11.3 Å². The number of rotatable bonds is 6. The molecular weight excluding hydrogens is 230 g/mol. The lowest BCUT2D eigenvalue weighted by atomic mass is 9.96. The lowest BCUT2D eigenvalue weighted by Crippen LogP contribution is -2.28. The Morgan fingerprint density at radius 2 is 2.24 bits per heavy atom. The molecule has 2 nitrogen and oxygen atoms in total. The third-order valence-corrected chi connectivity index (χ3v) is 4.60. The smallest absolute Gasteiger partial charge is 0.0524 e. The molecule has 2 rings (SSSR count). The Morgan fingerprint density at radius 1 is 1.47 bits per heavy atom. The van der Waals surface area contributed by atoms with Crippen molar-refractivity contribution in [1.82, 2.24) is 5.32 Å². The Bertz CT molecular complexity index is 304. The maximum Gasteiger partial charge on any atom is 0.0524 e. The summed E-state index contributed by atoms with van der Waals surface area (Å²) < 4.78 is 0. The highest BCUT2D eigenvalue weighted by Gasteiger charge is 2.26. The van der Waals surface area contributed by atoms with Gasteiger partial charge < -0.3 is 10.4 Å². The third-order valence-electron chi connectivity index (χ3n) is 3.65. The number of thiophene rings is 1. The second-order valence-corrected chi connectivity index (χ2v) is 6.11. The Morgan fingerprint density at radius 3 is 2.82 bits per heavy atom. The van der Waals surface area contributed by atoms with Gasteiger partial charge in [0.05, 0.1) is 6.10 Å². The molecule has 0 aliphatic heterocycles. The number of aliphatic hydroxyl groups excluding tert-OH is 1. The van der Waals surface area contributed by atoms with Crippen LogP contribution in [-0.4, -0.2) is 17.8 Å². The molecule has 1 fully saturated rings. The lowest BCUT2D eigenvalue weighted by molar-refractivity contribution is 0.180. The van der Waals surface area contributed by atoms with Gasteiger partial charge in [-0.3, -0.25) is 0 Å². The van der Waals surface area contributed by atoms with Crippen molar-refractivity contribution in [3.05, 3.63) is 22.4 Å². The molecule has 1 heterocycles. The van der Waals surface area contributed by atoms with E-state index in [4.69, 9.17) is 0 Å². The third kappa shape index (κ3) is 3.80. The molecule has 17 heavy (non-hydrogen) atoms. The van der Waals surface area contributed by atoms with E-state index in [-0.39, 0.29) is 6.10 Å². The first-order chi connectivity index (χ1) is 8.27. The molecule has 3 heteroatoms. The molecule has 0 radical (unpaired) electrons. The van der Waals surface area contributed by atoms with E-state index in [1.165, 1.54) is 30.6 Å². The number of hydrogen-bond acceptors (Lipinski definition) is 3. The Labute approximate surface area is 108 Å². The minimum Gasteiger partial charge on any atom is -0.393 e. The van der Waals surface area contributed by atoms with Crippen LogP contribution in [0.25, 0.3) is 0 Å². The van der Waals surface area contributed by atoms with Gasteiger partial charge in [-0.1, -0.05) is 18.9 Å². The molecule has 0 saturated heterocycles. The van der Waals surface area contributed by atoms with E-state index in [2.05, 4.69) is 22.8 Å². The number of hydrogen-bond donors (Lipinski definition) is 2. The first-order valence-corrected chi connectivity index (χ1v) is 7.60. The van der Waals surface area contributed by atoms with Crippen LogP contribution in [0.5, 0.6) is 0 Å². The Kier molecular flexibility index (Phi) is 5.01. The average molecular weight is 253 g/mol. The fourth-order valence-electron chi connectivity index (χ4n) is 2.71. The van der Waals surface area contributed by atoms with Crippen molar-refractivity contribution in [2.24, 2.45) is 5.92 Å². The van der Waals surface area contributed by atoms with Crippen molar-refractivity contribution < 1.29 is 5.11 Å². The maximum absolute atomic E-state index is 9.32. The van der Waals surface area contributed by atoms with Gasteiger partial charge in [-0.2, -0.15) is 0 Å². The van der Waals surface area contributed by atoms with Gasteiger partial charge in [-0.05, 0) is 50.1 Å². The molecule has 0 bridgehead atoms. The van der Waals surface area contributed by atoms with E-state index < -0.39 is 0 Å². The van der Waals surface area contributed by atoms with Crippen LogP contribution in [-0.2, 0) is 0 Å². The quantitative estimate of drug-likeness (QED) is 0.815. The summed E-state index contributed by atoms with van der Waals surface area (Å²) in [5.74, 6) is 0.794. The zero-order chi connectivity index (χ0) is 12.1. The van der Waals surface area contributed by atoms with Gasteiger partial charge in [0.1, 0.15) is 0 Å². The predicted octanol–water partition coefficient (Wildman–Crippen LogP) is 3.34. The second kappa shape index (κ2) is 6.53. The fraction of sp³-hybridized carbons (Fsp3) is 0.714. The highest BCUT2D eigenvalue weighted by Crippen LogP contribution is 2.37. The monoisotopic (exact) mass is 253 g/mol. The molecular formula is C14H23NOS. The SMILES string of the molecule is CC(O)CCNC(c1cccs1)C1CCCC1. The standard InChI is InChI=1S/C14H23NOS/c1-11(16)8-9-15-14(12-5-2-3-6-12)13-7-4-10-17-13/h4,7,10-12,14-16H,2-3,5-6,8-9H2,1H3. The van der Waals surface area contributed by atoms with Gasteiger partial charge in [-0.25, -0.2) is 0 Å². The molecule has 1 aliphatic rings. The van der Waals surface area contributed by atoms with E-state index in [0.717, 1.165) is 18.9 Å². The van der Waals surface area contributed by atoms with Crippen LogP contribution in [0.1, 0.15) is 49.9 Å². The van der Waals surface area contributed by atoms with E-state index in [9.17, 15) is 5.11 Å². The summed E-state index contributed by atoms with van der Waals surface area (Å²) in [6.07, 6.45) is 6.10. The fourth-order valence-corrected chi connectivity index (χ4v) is 3.60. The van der Waals surface area contributed by atoms with Gasteiger partial charge in [0, 0.05) is 10.9 Å². The van der Waals surface area contributed by atoms with Crippen LogP contribution in [0.15, 0.2) is 17.5 Å². The minimum absolute atomic E-state index is 0.199. The van der Waals surface area contributed by atoms with Crippen LogP contribution in [0.4, 0.5) is 0 Å². The van der Waals surface area contributed by atoms with E-state index >= 15 is 0 Å². The maximum atomic E-state index is 9.32. The summed E-state index contributed by atoms with van der Waals surface area (Å²) in [6.45, 7) is 2.77. The Hall–Kier alpha value is -0.380. The number of nitrogens with one attached hydrogen (secondary N) is 1. The van der Waals surface area contributed by atoms with Crippen molar-refractivity contribution in [2.45, 2.75) is 51.2 Å². The molecule has 0 amide bonds. The lowest BCUT2D eigenvalue weighted by Gasteiger charge is -2.24. The molecule has 1 aromatic heterocycles. The first kappa shape index (κ1) is 13.1. The summed E-state index contributed by atoms with van der Waals surface area (Å²) >= 11 is 1.85. The number of aliphatic hydroxyl groups is 1. The normalized spacial score (nSPS) is 20.6. The molecule has 96 valence electrons. The minimum atomic E-state index is -0.199. The molecule has 2 unspecified atom stereocenters. The van der Waals surface area contributed by atoms with Gasteiger partial charge in [0.2, 0.25) is 0 Å². The van der Waals surface area contributed by atoms with Crippen LogP contribution in [0.2, 0.25) is 0 Å². The molecule has 0 aromatic carbocycles. The summed E-state index contributed by atoms with van der Waals surface area (Å²) in [6, 6.07) is 4.89. The van der Waals surface area contributed by atoms with Crippen molar-refractivity contribution in [3.63, 3.8) is 0 Å². The Balaban J connectivity index is 1.92. The summed E-state index contributed by atoms with van der Waals surface area (Å²) in [5.41, 5.74) is 0. The molecule has 0 spiro atoms. The summed E-state index contributed by atoms with van der Waals surface area (Å²) in [7, 11) is 0. The van der Waals surface area contributed by atoms with Crippen LogP contribution in [0.3, 0.4) is 0 Å². The van der Waals surface area contributed by atoms with Gasteiger partial charge in [-0.15, -0.1) is 11.3 Å². The molecule has 1 aromatic rings. The highest BCUT2D eigenvalue weighted by molar-refractivity contribution is 7.10. The van der Waals surface area contributed by atoms with E-state index in [1.54, 1.807) is 0 Å². The van der Waals surface area contributed by atoms with Gasteiger partial charge in [0.25, 0.3) is 0 Å². The first-order valence-electron chi connectivity index (χ1n) is 6.72.